The average molecular weight is 462 g/mol. The molecule has 1 aromatic heterocycles. The first-order chi connectivity index (χ1) is 13.4. The van der Waals surface area contributed by atoms with Crippen LogP contribution in [-0.2, 0) is 4.79 Å². The summed E-state index contributed by atoms with van der Waals surface area (Å²) in [5.41, 5.74) is 5.27. The number of rotatable bonds is 6. The van der Waals surface area contributed by atoms with Gasteiger partial charge in [-0.05, 0) is 71.2 Å². The molecule has 0 atom stereocenters. The van der Waals surface area contributed by atoms with Gasteiger partial charge in [0.2, 0.25) is 0 Å². The minimum Gasteiger partial charge on any atom is -0.482 e. The number of nitrogens with one attached hydrogen (secondary N) is 1. The lowest BCUT2D eigenvalue weighted by molar-refractivity contribution is -0.123. The lowest BCUT2D eigenvalue weighted by Crippen LogP contribution is -2.24. The van der Waals surface area contributed by atoms with Gasteiger partial charge in [-0.3, -0.25) is 4.79 Å². The second-order valence-electron chi connectivity index (χ2n) is 6.16. The molecule has 3 aromatic rings. The molecule has 0 aliphatic carbocycles. The number of furan rings is 1. The number of carbonyl (C=O) groups excluding carboxylic acids is 1. The fraction of sp³-hybridized carbons (Fsp3) is 0.143. The van der Waals surface area contributed by atoms with Gasteiger partial charge >= 0.3 is 0 Å². The second-order valence-corrected chi connectivity index (χ2v) is 7.42. The molecule has 1 heterocycles. The van der Waals surface area contributed by atoms with E-state index in [1.165, 1.54) is 6.21 Å². The predicted molar refractivity (Wildman–Crippen MR) is 114 cm³/mol. The Morgan fingerprint density at radius 1 is 1.25 bits per heavy atom. The van der Waals surface area contributed by atoms with E-state index in [2.05, 4.69) is 26.5 Å². The van der Waals surface area contributed by atoms with E-state index in [1.807, 2.05) is 44.2 Å². The normalized spacial score (nSPS) is 11.0. The number of benzene rings is 2. The van der Waals surface area contributed by atoms with Crippen LogP contribution < -0.4 is 10.2 Å². The van der Waals surface area contributed by atoms with Crippen molar-refractivity contribution < 1.29 is 13.9 Å². The minimum atomic E-state index is -0.374. The average Bonchev–Trinajstić information content (AvgIpc) is 3.10. The molecule has 1 N–H and O–H groups in total. The summed E-state index contributed by atoms with van der Waals surface area (Å²) < 4.78 is 12.1. The summed E-state index contributed by atoms with van der Waals surface area (Å²) in [7, 11) is 0. The van der Waals surface area contributed by atoms with Crippen molar-refractivity contribution in [2.75, 3.05) is 6.61 Å². The maximum Gasteiger partial charge on any atom is 0.277 e. The van der Waals surface area contributed by atoms with Crippen LogP contribution in [0.2, 0.25) is 5.02 Å². The minimum absolute atomic E-state index is 0.150. The molecule has 0 radical (unpaired) electrons. The highest BCUT2D eigenvalue weighted by atomic mass is 79.9. The third-order valence-corrected chi connectivity index (χ3v) is 4.79. The van der Waals surface area contributed by atoms with Crippen molar-refractivity contribution in [2.24, 2.45) is 5.10 Å². The highest BCUT2D eigenvalue weighted by Gasteiger charge is 2.09. The van der Waals surface area contributed by atoms with Crippen molar-refractivity contribution >= 4 is 39.7 Å². The number of hydrogen-bond donors (Lipinski definition) is 1. The summed E-state index contributed by atoms with van der Waals surface area (Å²) in [6.45, 7) is 3.77. The van der Waals surface area contributed by atoms with E-state index in [1.54, 1.807) is 18.2 Å². The van der Waals surface area contributed by atoms with Crippen molar-refractivity contribution in [3.05, 3.63) is 74.9 Å². The molecule has 0 aliphatic heterocycles. The molecule has 1 amide bonds. The van der Waals surface area contributed by atoms with Crippen LogP contribution in [0.25, 0.3) is 11.3 Å². The summed E-state index contributed by atoms with van der Waals surface area (Å²) in [5.74, 6) is 1.39. The fourth-order valence-electron chi connectivity index (χ4n) is 2.65. The molecule has 0 aliphatic rings. The van der Waals surface area contributed by atoms with E-state index in [9.17, 15) is 4.79 Å². The molecule has 28 heavy (non-hydrogen) atoms. The van der Waals surface area contributed by atoms with Crippen LogP contribution in [-0.4, -0.2) is 18.7 Å². The number of aryl methyl sites for hydroxylation is 2. The van der Waals surface area contributed by atoms with Gasteiger partial charge in [-0.1, -0.05) is 29.8 Å². The molecule has 5 nitrogen and oxygen atoms in total. The predicted octanol–water partition coefficient (Wildman–Crippen LogP) is 5.51. The zero-order valence-corrected chi connectivity index (χ0v) is 17.7. The van der Waals surface area contributed by atoms with Crippen molar-refractivity contribution in [1.82, 2.24) is 5.43 Å². The standard InChI is InChI=1S/C21H18BrClN2O3/c1-13-9-14(2)21(17(22)10-13)27-12-20(26)25-24-11-15-7-8-19(28-15)16-5-3-4-6-18(16)23/h3-11H,12H2,1-2H3,(H,25,26)/b24-11+. The molecule has 0 bridgehead atoms. The molecule has 0 saturated carbocycles. The van der Waals surface area contributed by atoms with Gasteiger partial charge in [-0.15, -0.1) is 0 Å². The summed E-state index contributed by atoms with van der Waals surface area (Å²) in [5, 5.41) is 4.50. The second kappa shape index (κ2) is 9.08. The summed E-state index contributed by atoms with van der Waals surface area (Å²) in [6.07, 6.45) is 1.42. The first-order valence-corrected chi connectivity index (χ1v) is 9.67. The number of hydrazone groups is 1. The van der Waals surface area contributed by atoms with E-state index in [0.717, 1.165) is 21.2 Å². The third-order valence-electron chi connectivity index (χ3n) is 3.87. The van der Waals surface area contributed by atoms with Crippen molar-refractivity contribution in [1.29, 1.82) is 0 Å². The quantitative estimate of drug-likeness (QED) is 0.389. The highest BCUT2D eigenvalue weighted by Crippen LogP contribution is 2.30. The molecule has 2 aromatic carbocycles. The van der Waals surface area contributed by atoms with Crippen LogP contribution in [0, 0.1) is 13.8 Å². The Morgan fingerprint density at radius 3 is 2.79 bits per heavy atom. The summed E-state index contributed by atoms with van der Waals surface area (Å²) in [6, 6.07) is 14.9. The van der Waals surface area contributed by atoms with Crippen molar-refractivity contribution in [3.8, 4) is 17.1 Å². The van der Waals surface area contributed by atoms with Crippen LogP contribution in [0.3, 0.4) is 0 Å². The van der Waals surface area contributed by atoms with Crippen LogP contribution in [0.15, 0.2) is 62.5 Å². The molecular formula is C21H18BrClN2O3. The Hall–Kier alpha value is -2.57. The Balaban J connectivity index is 1.55. The van der Waals surface area contributed by atoms with Crippen molar-refractivity contribution in [3.63, 3.8) is 0 Å². The third kappa shape index (κ3) is 5.03. The number of hydrogen-bond acceptors (Lipinski definition) is 4. The topological polar surface area (TPSA) is 63.8 Å². The molecular weight excluding hydrogens is 444 g/mol. The van der Waals surface area contributed by atoms with Crippen LogP contribution in [0.1, 0.15) is 16.9 Å². The molecule has 0 spiro atoms. The van der Waals surface area contributed by atoms with Gasteiger partial charge in [0, 0.05) is 5.56 Å². The lowest BCUT2D eigenvalue weighted by Gasteiger charge is -2.11. The van der Waals surface area contributed by atoms with Gasteiger partial charge in [-0.25, -0.2) is 5.43 Å². The Morgan fingerprint density at radius 2 is 2.04 bits per heavy atom. The smallest absolute Gasteiger partial charge is 0.277 e. The van der Waals surface area contributed by atoms with Crippen LogP contribution >= 0.6 is 27.5 Å². The van der Waals surface area contributed by atoms with E-state index in [-0.39, 0.29) is 12.5 Å². The number of ether oxygens (including phenoxy) is 1. The Bertz CT molecular complexity index is 1010. The van der Waals surface area contributed by atoms with Gasteiger partial charge in [-0.2, -0.15) is 5.10 Å². The summed E-state index contributed by atoms with van der Waals surface area (Å²) in [4.78, 5) is 12.0. The molecule has 0 fully saturated rings. The number of halogens is 2. The number of nitrogens with zero attached hydrogens (tertiary/aromatic N) is 1. The molecule has 3 rings (SSSR count). The van der Waals surface area contributed by atoms with E-state index in [4.69, 9.17) is 20.8 Å². The number of carbonyl (C=O) groups is 1. The lowest BCUT2D eigenvalue weighted by atomic mass is 10.1. The fourth-order valence-corrected chi connectivity index (χ4v) is 3.67. The molecule has 0 saturated heterocycles. The highest BCUT2D eigenvalue weighted by molar-refractivity contribution is 9.10. The van der Waals surface area contributed by atoms with E-state index >= 15 is 0 Å². The summed E-state index contributed by atoms with van der Waals surface area (Å²) >= 11 is 9.61. The number of amides is 1. The monoisotopic (exact) mass is 460 g/mol. The zero-order valence-electron chi connectivity index (χ0n) is 15.3. The van der Waals surface area contributed by atoms with E-state index in [0.29, 0.717) is 22.3 Å². The maximum atomic E-state index is 12.0. The zero-order chi connectivity index (χ0) is 20.1. The first kappa shape index (κ1) is 20.2. The largest absolute Gasteiger partial charge is 0.482 e. The Kier molecular flexibility index (Phi) is 6.54. The first-order valence-electron chi connectivity index (χ1n) is 8.50. The molecule has 7 heteroatoms. The van der Waals surface area contributed by atoms with Gasteiger partial charge in [0.05, 0.1) is 15.7 Å². The SMILES string of the molecule is Cc1cc(C)c(OCC(=O)N/N=C/c2ccc(-c3ccccc3Cl)o2)c(Br)c1. The van der Waals surface area contributed by atoms with Crippen LogP contribution in [0.5, 0.6) is 5.75 Å². The van der Waals surface area contributed by atoms with Gasteiger partial charge in [0.1, 0.15) is 17.3 Å². The molecule has 0 unspecified atom stereocenters. The van der Waals surface area contributed by atoms with Gasteiger partial charge < -0.3 is 9.15 Å². The van der Waals surface area contributed by atoms with E-state index < -0.39 is 0 Å². The molecule has 144 valence electrons. The van der Waals surface area contributed by atoms with Crippen LogP contribution in [0.4, 0.5) is 0 Å². The van der Waals surface area contributed by atoms with Crippen molar-refractivity contribution in [2.45, 2.75) is 13.8 Å². The van der Waals surface area contributed by atoms with Gasteiger partial charge in [0.15, 0.2) is 6.61 Å². The van der Waals surface area contributed by atoms with Gasteiger partial charge in [0.25, 0.3) is 5.91 Å². The Labute approximate surface area is 176 Å². The maximum absolute atomic E-state index is 12.0.